The van der Waals surface area contributed by atoms with Crippen LogP contribution in [0.1, 0.15) is 34.2 Å². The van der Waals surface area contributed by atoms with Crippen molar-refractivity contribution in [1.82, 2.24) is 14.7 Å². The van der Waals surface area contributed by atoms with Crippen LogP contribution in [-0.4, -0.2) is 21.8 Å². The van der Waals surface area contributed by atoms with E-state index in [9.17, 15) is 14.0 Å². The number of nitriles is 1. The van der Waals surface area contributed by atoms with E-state index in [1.54, 1.807) is 37.3 Å². The summed E-state index contributed by atoms with van der Waals surface area (Å²) in [5.74, 6) is -0.990. The van der Waals surface area contributed by atoms with Crippen molar-refractivity contribution < 1.29 is 9.18 Å². The van der Waals surface area contributed by atoms with Crippen molar-refractivity contribution in [1.29, 1.82) is 5.26 Å². The predicted octanol–water partition coefficient (Wildman–Crippen LogP) is 2.05. The molecule has 6 nitrogen and oxygen atoms in total. The Hall–Kier alpha value is -3.53. The molecule has 3 rings (SSSR count). The Bertz CT molecular complexity index is 1100. The lowest BCUT2D eigenvalue weighted by molar-refractivity contribution is 0.0949. The first-order valence-electron chi connectivity index (χ1n) is 8.02. The number of carbonyl (C=O) groups excluding carboxylic acids is 1. The van der Waals surface area contributed by atoms with Crippen LogP contribution in [0, 0.1) is 17.1 Å². The summed E-state index contributed by atoms with van der Waals surface area (Å²) in [5, 5.41) is 11.6. The van der Waals surface area contributed by atoms with E-state index in [-0.39, 0.29) is 29.1 Å². The maximum atomic E-state index is 14.2. The summed E-state index contributed by atoms with van der Waals surface area (Å²) < 4.78 is 15.5. The van der Waals surface area contributed by atoms with Crippen molar-refractivity contribution in [3.63, 3.8) is 0 Å². The first kappa shape index (κ1) is 17.3. The maximum Gasteiger partial charge on any atom is 0.268 e. The molecule has 2 aromatic heterocycles. The average molecular weight is 350 g/mol. The first-order chi connectivity index (χ1) is 12.5. The smallest absolute Gasteiger partial charge is 0.268 e. The van der Waals surface area contributed by atoms with Crippen molar-refractivity contribution in [2.75, 3.05) is 6.54 Å². The highest BCUT2D eigenvalue weighted by Crippen LogP contribution is 2.15. The minimum atomic E-state index is -0.618. The van der Waals surface area contributed by atoms with Crippen LogP contribution in [0.3, 0.4) is 0 Å². The van der Waals surface area contributed by atoms with Crippen molar-refractivity contribution in [2.45, 2.75) is 13.3 Å². The molecule has 0 bridgehead atoms. The molecule has 0 aliphatic carbocycles. The highest BCUT2D eigenvalue weighted by molar-refractivity contribution is 5.93. The lowest BCUT2D eigenvalue weighted by Crippen LogP contribution is -2.29. The molecule has 130 valence electrons. The quantitative estimate of drug-likeness (QED) is 0.780. The van der Waals surface area contributed by atoms with Gasteiger partial charge in [0.15, 0.2) is 0 Å². The van der Waals surface area contributed by atoms with Crippen LogP contribution in [0.5, 0.6) is 0 Å². The minimum Gasteiger partial charge on any atom is -0.351 e. The van der Waals surface area contributed by atoms with Gasteiger partial charge in [0.05, 0.1) is 11.3 Å². The maximum absolute atomic E-state index is 14.2. The van der Waals surface area contributed by atoms with E-state index < -0.39 is 11.4 Å². The zero-order valence-corrected chi connectivity index (χ0v) is 14.0. The van der Waals surface area contributed by atoms with Gasteiger partial charge in [0, 0.05) is 19.0 Å². The van der Waals surface area contributed by atoms with Crippen molar-refractivity contribution in [2.24, 2.45) is 0 Å². The number of benzene rings is 1. The van der Waals surface area contributed by atoms with E-state index in [2.05, 4.69) is 10.3 Å². The number of hydrogen-bond acceptors (Lipinski definition) is 4. The van der Waals surface area contributed by atoms with E-state index in [1.807, 2.05) is 0 Å². The largest absolute Gasteiger partial charge is 0.351 e. The molecular weight excluding hydrogens is 335 g/mol. The molecule has 1 amide bonds. The summed E-state index contributed by atoms with van der Waals surface area (Å²) in [4.78, 5) is 29.0. The molecule has 1 N–H and O–H groups in total. The van der Waals surface area contributed by atoms with Crippen LogP contribution < -0.4 is 10.9 Å². The molecule has 0 saturated heterocycles. The Kier molecular flexibility index (Phi) is 4.76. The van der Waals surface area contributed by atoms with Crippen molar-refractivity contribution >= 4 is 11.6 Å². The van der Waals surface area contributed by atoms with E-state index >= 15 is 0 Å². The number of nitrogens with zero attached hydrogens (tertiary/aromatic N) is 3. The molecule has 0 saturated carbocycles. The molecule has 2 heterocycles. The number of carbonyl (C=O) groups is 1. The second-order valence-electron chi connectivity index (χ2n) is 5.62. The number of hydrogen-bond donors (Lipinski definition) is 1. The second kappa shape index (κ2) is 7.15. The fraction of sp³-hybridized carbons (Fsp3) is 0.158. The number of pyridine rings is 1. The van der Waals surface area contributed by atoms with Crippen LogP contribution in [0.2, 0.25) is 0 Å². The SMILES string of the molecule is CCNC(=O)c1cccc2nc(Cc3cccc(C#N)c3F)cc(=O)n12. The number of halogens is 1. The molecule has 1 aromatic carbocycles. The Labute approximate surface area is 148 Å². The number of rotatable bonds is 4. The molecule has 0 radical (unpaired) electrons. The monoisotopic (exact) mass is 350 g/mol. The highest BCUT2D eigenvalue weighted by atomic mass is 19.1. The summed E-state index contributed by atoms with van der Waals surface area (Å²) in [6.45, 7) is 2.22. The van der Waals surface area contributed by atoms with Gasteiger partial charge in [-0.3, -0.25) is 14.0 Å². The normalized spacial score (nSPS) is 10.5. The summed E-state index contributed by atoms with van der Waals surface area (Å²) in [5.41, 5.74) is 0.638. The molecular formula is C19H15FN4O2. The van der Waals surface area contributed by atoms with Crippen LogP contribution in [0.15, 0.2) is 47.3 Å². The molecule has 0 aliphatic heterocycles. The fourth-order valence-electron chi connectivity index (χ4n) is 2.72. The topological polar surface area (TPSA) is 87.3 Å². The number of aromatic nitrogens is 2. The molecule has 0 unspecified atom stereocenters. The van der Waals surface area contributed by atoms with Gasteiger partial charge in [-0.15, -0.1) is 0 Å². The molecule has 0 aliphatic rings. The lowest BCUT2D eigenvalue weighted by atomic mass is 10.1. The summed E-state index contributed by atoms with van der Waals surface area (Å²) in [6, 6.07) is 12.4. The summed E-state index contributed by atoms with van der Waals surface area (Å²) in [7, 11) is 0. The molecule has 0 atom stereocenters. The van der Waals surface area contributed by atoms with E-state index in [0.717, 1.165) is 0 Å². The van der Waals surface area contributed by atoms with Gasteiger partial charge in [-0.2, -0.15) is 5.26 Å². The average Bonchev–Trinajstić information content (AvgIpc) is 2.63. The standard InChI is InChI=1S/C19H15FN4O2/c1-2-22-19(26)15-7-4-8-16-23-14(10-17(25)24(15)16)9-12-5-3-6-13(11-21)18(12)20/h3-8,10H,2,9H2,1H3,(H,22,26). The number of fused-ring (bicyclic) bond motifs is 1. The number of nitrogens with one attached hydrogen (secondary N) is 1. The molecule has 3 aromatic rings. The number of amides is 1. The van der Waals surface area contributed by atoms with Gasteiger partial charge in [0.25, 0.3) is 11.5 Å². The van der Waals surface area contributed by atoms with Gasteiger partial charge in [-0.1, -0.05) is 18.2 Å². The van der Waals surface area contributed by atoms with E-state index in [0.29, 0.717) is 17.9 Å². The molecule has 7 heteroatoms. The van der Waals surface area contributed by atoms with Crippen LogP contribution >= 0.6 is 0 Å². The van der Waals surface area contributed by atoms with Gasteiger partial charge < -0.3 is 5.32 Å². The Morgan fingerprint density at radius 1 is 1.31 bits per heavy atom. The minimum absolute atomic E-state index is 0.0569. The van der Waals surface area contributed by atoms with E-state index in [4.69, 9.17) is 5.26 Å². The van der Waals surface area contributed by atoms with Gasteiger partial charge in [-0.05, 0) is 30.7 Å². The molecule has 26 heavy (non-hydrogen) atoms. The zero-order chi connectivity index (χ0) is 18.7. The third-order valence-electron chi connectivity index (χ3n) is 3.88. The lowest BCUT2D eigenvalue weighted by Gasteiger charge is -2.10. The van der Waals surface area contributed by atoms with Crippen LogP contribution in [0.4, 0.5) is 4.39 Å². The second-order valence-corrected chi connectivity index (χ2v) is 5.62. The molecule has 0 fully saturated rings. The van der Waals surface area contributed by atoms with Gasteiger partial charge in [-0.25, -0.2) is 9.37 Å². The third kappa shape index (κ3) is 3.17. The Morgan fingerprint density at radius 2 is 2.08 bits per heavy atom. The summed E-state index contributed by atoms with van der Waals surface area (Å²) in [6.07, 6.45) is 0.0679. The van der Waals surface area contributed by atoms with E-state index in [1.165, 1.54) is 22.6 Å². The van der Waals surface area contributed by atoms with Gasteiger partial charge >= 0.3 is 0 Å². The Morgan fingerprint density at radius 3 is 2.81 bits per heavy atom. The fourth-order valence-corrected chi connectivity index (χ4v) is 2.72. The van der Waals surface area contributed by atoms with Gasteiger partial charge in [0.2, 0.25) is 0 Å². The predicted molar refractivity (Wildman–Crippen MR) is 93.4 cm³/mol. The first-order valence-corrected chi connectivity index (χ1v) is 8.02. The van der Waals surface area contributed by atoms with Crippen molar-refractivity contribution in [3.8, 4) is 6.07 Å². The molecule has 0 spiro atoms. The Balaban J connectivity index is 2.07. The van der Waals surface area contributed by atoms with Gasteiger partial charge in [0.1, 0.15) is 23.2 Å². The van der Waals surface area contributed by atoms with Crippen LogP contribution in [0.25, 0.3) is 5.65 Å². The van der Waals surface area contributed by atoms with Crippen molar-refractivity contribution in [3.05, 3.63) is 81.2 Å². The van der Waals surface area contributed by atoms with Crippen LogP contribution in [-0.2, 0) is 6.42 Å². The zero-order valence-electron chi connectivity index (χ0n) is 14.0. The summed E-state index contributed by atoms with van der Waals surface area (Å²) >= 11 is 0. The third-order valence-corrected chi connectivity index (χ3v) is 3.88. The highest BCUT2D eigenvalue weighted by Gasteiger charge is 2.14.